The van der Waals surface area contributed by atoms with Gasteiger partial charge in [0.25, 0.3) is 0 Å². The molecule has 1 aromatic carbocycles. The smallest absolute Gasteiger partial charge is 0.352 e. The van der Waals surface area contributed by atoms with E-state index in [1.807, 2.05) is 0 Å². The maximum absolute atomic E-state index is 12.7. The topological polar surface area (TPSA) is 96.5 Å². The molecule has 0 saturated heterocycles. The summed E-state index contributed by atoms with van der Waals surface area (Å²) in [6.45, 7) is 0. The molecule has 0 unspecified atom stereocenters. The maximum Gasteiger partial charge on any atom is 0.416 e. The van der Waals surface area contributed by atoms with Crippen molar-refractivity contribution in [1.82, 2.24) is 30.9 Å². The fraction of sp³-hybridized carbons (Fsp3) is 0.278. The molecule has 2 aromatic heterocycles. The van der Waals surface area contributed by atoms with Gasteiger partial charge in [-0.3, -0.25) is 4.79 Å². The minimum atomic E-state index is -4.40. The van der Waals surface area contributed by atoms with E-state index >= 15 is 0 Å². The summed E-state index contributed by atoms with van der Waals surface area (Å²) in [5.74, 6) is 0.116. The van der Waals surface area contributed by atoms with Crippen molar-refractivity contribution in [1.29, 1.82) is 0 Å². The summed E-state index contributed by atoms with van der Waals surface area (Å²) in [7, 11) is 0. The van der Waals surface area contributed by atoms with Crippen LogP contribution < -0.4 is 5.32 Å². The van der Waals surface area contributed by atoms with E-state index in [0.717, 1.165) is 12.1 Å². The second kappa shape index (κ2) is 8.99. The first-order valence-electron chi connectivity index (χ1n) is 8.58. The number of H-pyrrole nitrogens is 1. The van der Waals surface area contributed by atoms with E-state index in [-0.39, 0.29) is 18.7 Å². The van der Waals surface area contributed by atoms with Crippen LogP contribution in [0.15, 0.2) is 42.6 Å². The van der Waals surface area contributed by atoms with Crippen molar-refractivity contribution in [3.63, 3.8) is 0 Å². The summed E-state index contributed by atoms with van der Waals surface area (Å²) in [4.78, 5) is 16.4. The van der Waals surface area contributed by atoms with E-state index in [1.54, 1.807) is 12.1 Å². The van der Waals surface area contributed by atoms with Gasteiger partial charge in [0.15, 0.2) is 5.82 Å². The average molecular weight is 425 g/mol. The molecule has 1 atom stereocenters. The van der Waals surface area contributed by atoms with E-state index in [1.165, 1.54) is 18.3 Å². The number of carbonyl (C=O) groups excluding carboxylic acids is 1. The monoisotopic (exact) mass is 424 g/mol. The number of rotatable bonds is 7. The summed E-state index contributed by atoms with van der Waals surface area (Å²) in [6, 6.07) is 7.66. The van der Waals surface area contributed by atoms with Gasteiger partial charge in [0.2, 0.25) is 5.91 Å². The van der Waals surface area contributed by atoms with Crippen LogP contribution in [0.2, 0.25) is 5.15 Å². The van der Waals surface area contributed by atoms with Crippen LogP contribution in [0.25, 0.3) is 0 Å². The Morgan fingerprint density at radius 1 is 1.10 bits per heavy atom. The van der Waals surface area contributed by atoms with Crippen molar-refractivity contribution in [2.24, 2.45) is 0 Å². The number of amides is 1. The Morgan fingerprint density at radius 2 is 1.83 bits per heavy atom. The number of alkyl halides is 3. The number of carbonyl (C=O) groups is 1. The molecular weight excluding hydrogens is 409 g/mol. The molecule has 0 aliphatic rings. The van der Waals surface area contributed by atoms with Crippen LogP contribution in [-0.4, -0.2) is 37.6 Å². The van der Waals surface area contributed by atoms with Gasteiger partial charge in [-0.15, -0.1) is 10.2 Å². The first-order chi connectivity index (χ1) is 13.8. The van der Waals surface area contributed by atoms with Crippen molar-refractivity contribution in [3.8, 4) is 0 Å². The van der Waals surface area contributed by atoms with Gasteiger partial charge in [-0.05, 0) is 35.7 Å². The van der Waals surface area contributed by atoms with Gasteiger partial charge in [-0.2, -0.15) is 18.4 Å². The van der Waals surface area contributed by atoms with Gasteiger partial charge >= 0.3 is 6.18 Å². The highest BCUT2D eigenvalue weighted by Crippen LogP contribution is 2.29. The number of benzene rings is 1. The molecule has 0 fully saturated rings. The molecule has 3 aromatic rings. The fourth-order valence-corrected chi connectivity index (χ4v) is 2.86. The lowest BCUT2D eigenvalue weighted by atomic mass is 10.0. The number of aromatic nitrogens is 5. The van der Waals surface area contributed by atoms with E-state index < -0.39 is 17.8 Å². The zero-order chi connectivity index (χ0) is 20.9. The highest BCUT2D eigenvalue weighted by atomic mass is 35.5. The van der Waals surface area contributed by atoms with Crippen molar-refractivity contribution in [3.05, 3.63) is 70.3 Å². The zero-order valence-electron chi connectivity index (χ0n) is 14.9. The largest absolute Gasteiger partial charge is 0.416 e. The lowest BCUT2D eigenvalue weighted by Gasteiger charge is -2.18. The predicted molar refractivity (Wildman–Crippen MR) is 97.9 cm³/mol. The molecule has 0 bridgehead atoms. The minimum Gasteiger partial charge on any atom is -0.352 e. The van der Waals surface area contributed by atoms with Crippen LogP contribution in [0, 0.1) is 0 Å². The summed E-state index contributed by atoms with van der Waals surface area (Å²) in [6.07, 6.45) is -2.24. The molecule has 0 saturated carbocycles. The molecule has 0 aliphatic heterocycles. The average Bonchev–Trinajstić information content (AvgIpc) is 3.16. The highest BCUT2D eigenvalue weighted by Gasteiger charge is 2.30. The standard InChI is InChI=1S/C18H16ClF3N6O/c19-15-6-3-12(10-23-15)8-17(29)24-14(9-16-25-27-28-26-16)7-11-1-4-13(5-2-11)18(20,21)22/h1-6,10,14H,7-9H2,(H,24,29)(H,25,26,27,28)/t14-/m0/s1. The Kier molecular flexibility index (Phi) is 6.42. The van der Waals surface area contributed by atoms with Gasteiger partial charge < -0.3 is 5.32 Å². The molecule has 2 N–H and O–H groups in total. The van der Waals surface area contributed by atoms with Gasteiger partial charge in [0.1, 0.15) is 5.15 Å². The highest BCUT2D eigenvalue weighted by molar-refractivity contribution is 6.29. The second-order valence-corrected chi connectivity index (χ2v) is 6.75. The third-order valence-electron chi connectivity index (χ3n) is 4.10. The van der Waals surface area contributed by atoms with Crippen LogP contribution in [0.3, 0.4) is 0 Å². The Balaban J connectivity index is 1.68. The Bertz CT molecular complexity index is 930. The molecule has 2 heterocycles. The number of hydrogen-bond acceptors (Lipinski definition) is 5. The first-order valence-corrected chi connectivity index (χ1v) is 8.95. The number of pyridine rings is 1. The second-order valence-electron chi connectivity index (χ2n) is 6.36. The summed E-state index contributed by atoms with van der Waals surface area (Å²) in [5.41, 5.74) is 0.593. The molecule has 29 heavy (non-hydrogen) atoms. The quantitative estimate of drug-likeness (QED) is 0.568. The summed E-state index contributed by atoms with van der Waals surface area (Å²) in [5, 5.41) is 16.8. The molecule has 1 amide bonds. The number of aromatic amines is 1. The predicted octanol–water partition coefficient (Wildman–Crippen LogP) is 2.78. The molecule has 0 radical (unpaired) electrons. The summed E-state index contributed by atoms with van der Waals surface area (Å²) < 4.78 is 38.2. The van der Waals surface area contributed by atoms with E-state index in [0.29, 0.717) is 28.5 Å². The first kappa shape index (κ1) is 20.7. The molecule has 7 nitrogen and oxygen atoms in total. The Hall–Kier alpha value is -3.01. The van der Waals surface area contributed by atoms with E-state index in [9.17, 15) is 18.0 Å². The number of hydrogen-bond donors (Lipinski definition) is 2. The lowest BCUT2D eigenvalue weighted by molar-refractivity contribution is -0.137. The van der Waals surface area contributed by atoms with Crippen molar-refractivity contribution < 1.29 is 18.0 Å². The molecule has 0 aliphatic carbocycles. The number of nitrogens with zero attached hydrogens (tertiary/aromatic N) is 4. The Labute approximate surface area is 168 Å². The van der Waals surface area contributed by atoms with Gasteiger partial charge in [0.05, 0.1) is 12.0 Å². The van der Waals surface area contributed by atoms with Gasteiger partial charge in [0, 0.05) is 18.7 Å². The van der Waals surface area contributed by atoms with Crippen molar-refractivity contribution in [2.75, 3.05) is 0 Å². The van der Waals surface area contributed by atoms with Crippen LogP contribution in [-0.2, 0) is 30.2 Å². The zero-order valence-corrected chi connectivity index (χ0v) is 15.7. The maximum atomic E-state index is 12.7. The minimum absolute atomic E-state index is 0.0833. The third-order valence-corrected chi connectivity index (χ3v) is 4.32. The SMILES string of the molecule is O=C(Cc1ccc(Cl)nc1)N[C@@H](Cc1ccc(C(F)(F)F)cc1)Cc1nn[nH]n1. The van der Waals surface area contributed by atoms with Crippen LogP contribution in [0.4, 0.5) is 13.2 Å². The lowest BCUT2D eigenvalue weighted by Crippen LogP contribution is -2.39. The molecular formula is C18H16ClF3N6O. The van der Waals surface area contributed by atoms with Crippen molar-refractivity contribution >= 4 is 17.5 Å². The van der Waals surface area contributed by atoms with E-state index in [4.69, 9.17) is 11.6 Å². The molecule has 3 rings (SSSR count). The van der Waals surface area contributed by atoms with Crippen LogP contribution in [0.1, 0.15) is 22.5 Å². The molecule has 11 heteroatoms. The summed E-state index contributed by atoms with van der Waals surface area (Å²) >= 11 is 5.74. The Morgan fingerprint density at radius 3 is 2.41 bits per heavy atom. The third kappa shape index (κ3) is 6.24. The van der Waals surface area contributed by atoms with Crippen LogP contribution in [0.5, 0.6) is 0 Å². The molecule has 0 spiro atoms. The number of halogens is 4. The van der Waals surface area contributed by atoms with Crippen LogP contribution >= 0.6 is 11.6 Å². The van der Waals surface area contributed by atoms with Gasteiger partial charge in [-0.25, -0.2) is 4.98 Å². The van der Waals surface area contributed by atoms with Gasteiger partial charge in [-0.1, -0.05) is 35.0 Å². The normalized spacial score (nSPS) is 12.6. The fourth-order valence-electron chi connectivity index (χ4n) is 2.75. The number of tetrazole rings is 1. The van der Waals surface area contributed by atoms with E-state index in [2.05, 4.69) is 30.9 Å². The van der Waals surface area contributed by atoms with Crippen molar-refractivity contribution in [2.45, 2.75) is 31.5 Å². The number of nitrogens with one attached hydrogen (secondary N) is 2. The molecule has 152 valence electrons.